The van der Waals surface area contributed by atoms with E-state index in [0.717, 1.165) is 5.01 Å². The highest BCUT2D eigenvalue weighted by molar-refractivity contribution is 7.13. The number of anilines is 1. The number of furan rings is 1. The predicted molar refractivity (Wildman–Crippen MR) is 75.1 cm³/mol. The summed E-state index contributed by atoms with van der Waals surface area (Å²) in [5.41, 5.74) is 0.662. The van der Waals surface area contributed by atoms with Gasteiger partial charge in [-0.3, -0.25) is 10.1 Å². The van der Waals surface area contributed by atoms with Crippen LogP contribution in [0, 0.1) is 0 Å². The zero-order valence-electron chi connectivity index (χ0n) is 11.0. The van der Waals surface area contributed by atoms with Crippen molar-refractivity contribution in [2.75, 3.05) is 12.4 Å². The number of nitrogens with one attached hydrogen (secondary N) is 2. The van der Waals surface area contributed by atoms with Crippen LogP contribution in [0.3, 0.4) is 0 Å². The number of methoxy groups -OCH3 is 1. The molecule has 108 valence electrons. The fraction of sp³-hybridized carbons (Fsp3) is 0.167. The molecule has 3 rings (SSSR count). The van der Waals surface area contributed by atoms with Crippen LogP contribution in [0.4, 0.5) is 5.95 Å². The highest BCUT2D eigenvalue weighted by Crippen LogP contribution is 2.24. The molecule has 0 unspecified atom stereocenters. The number of carbonyl (C=O) groups is 1. The van der Waals surface area contributed by atoms with Crippen LogP contribution in [-0.4, -0.2) is 33.2 Å². The summed E-state index contributed by atoms with van der Waals surface area (Å²) < 4.78 is 10.1. The molecular weight excluding hydrogens is 294 g/mol. The molecule has 0 bridgehead atoms. The van der Waals surface area contributed by atoms with Crippen LogP contribution in [-0.2, 0) is 11.2 Å². The molecule has 3 heterocycles. The summed E-state index contributed by atoms with van der Waals surface area (Å²) in [6.07, 6.45) is 1.72. The minimum Gasteiger partial charge on any atom is -0.466 e. The normalized spacial score (nSPS) is 10.5. The molecule has 21 heavy (non-hydrogen) atoms. The number of ether oxygens (including phenoxy) is 1. The number of hydrogen-bond donors (Lipinski definition) is 2. The number of carbonyl (C=O) groups excluding carboxylic acids is 1. The Kier molecular flexibility index (Phi) is 3.65. The van der Waals surface area contributed by atoms with Crippen molar-refractivity contribution in [1.82, 2.24) is 20.2 Å². The minimum atomic E-state index is -0.245. The molecule has 0 saturated heterocycles. The highest BCUT2D eigenvalue weighted by atomic mass is 32.1. The van der Waals surface area contributed by atoms with Crippen molar-refractivity contribution in [3.8, 4) is 16.8 Å². The lowest BCUT2D eigenvalue weighted by atomic mass is 10.3. The molecule has 0 radical (unpaired) electrons. The van der Waals surface area contributed by atoms with Gasteiger partial charge in [-0.2, -0.15) is 4.98 Å². The van der Waals surface area contributed by atoms with Crippen LogP contribution in [0.1, 0.15) is 5.69 Å². The van der Waals surface area contributed by atoms with Crippen molar-refractivity contribution in [2.24, 2.45) is 0 Å². The first-order valence-corrected chi connectivity index (χ1v) is 6.87. The fourth-order valence-corrected chi connectivity index (χ4v) is 2.42. The smallest absolute Gasteiger partial charge is 0.336 e. The Hall–Kier alpha value is -2.68. The van der Waals surface area contributed by atoms with E-state index in [2.05, 4.69) is 25.5 Å². The Balaban J connectivity index is 1.62. The molecule has 0 aliphatic carbocycles. The van der Waals surface area contributed by atoms with Gasteiger partial charge in [-0.25, -0.2) is 10.1 Å². The summed E-state index contributed by atoms with van der Waals surface area (Å²) in [6, 6.07) is 3.78. The summed E-state index contributed by atoms with van der Waals surface area (Å²) in [4.78, 5) is 20.1. The van der Waals surface area contributed by atoms with Gasteiger partial charge in [0.25, 0.3) is 0 Å². The monoisotopic (exact) mass is 305 g/mol. The number of H-pyrrole nitrogens is 1. The van der Waals surface area contributed by atoms with E-state index in [4.69, 9.17) is 9.15 Å². The maximum absolute atomic E-state index is 11.9. The van der Waals surface area contributed by atoms with Crippen LogP contribution >= 0.6 is 11.3 Å². The third kappa shape index (κ3) is 3.08. The molecule has 0 aliphatic rings. The van der Waals surface area contributed by atoms with E-state index in [-0.39, 0.29) is 24.3 Å². The van der Waals surface area contributed by atoms with Crippen LogP contribution in [0.25, 0.3) is 10.8 Å². The molecule has 2 N–H and O–H groups in total. The summed E-state index contributed by atoms with van der Waals surface area (Å²) in [6.45, 7) is 0. The quantitative estimate of drug-likeness (QED) is 0.743. The summed E-state index contributed by atoms with van der Waals surface area (Å²) in [5, 5.41) is 11.4. The van der Waals surface area contributed by atoms with Gasteiger partial charge in [-0.1, -0.05) is 0 Å². The zero-order valence-corrected chi connectivity index (χ0v) is 11.8. The average Bonchev–Trinajstić information content (AvgIpc) is 3.19. The first kappa shape index (κ1) is 13.3. The average molecular weight is 305 g/mol. The van der Waals surface area contributed by atoms with Crippen molar-refractivity contribution in [3.05, 3.63) is 29.5 Å². The van der Waals surface area contributed by atoms with Gasteiger partial charge in [-0.15, -0.1) is 16.4 Å². The van der Waals surface area contributed by atoms with Crippen LogP contribution in [0.5, 0.6) is 6.01 Å². The topological polar surface area (TPSA) is 106 Å². The lowest BCUT2D eigenvalue weighted by Gasteiger charge is -1.98. The van der Waals surface area contributed by atoms with Gasteiger partial charge in [0.2, 0.25) is 11.9 Å². The molecule has 1 amide bonds. The molecule has 9 heteroatoms. The molecule has 8 nitrogen and oxygen atoms in total. The third-order valence-electron chi connectivity index (χ3n) is 2.53. The Morgan fingerprint density at radius 2 is 2.43 bits per heavy atom. The molecule has 3 aromatic rings. The van der Waals surface area contributed by atoms with Gasteiger partial charge in [-0.05, 0) is 12.1 Å². The van der Waals surface area contributed by atoms with Gasteiger partial charge in [0.05, 0.1) is 25.5 Å². The summed E-state index contributed by atoms with van der Waals surface area (Å²) >= 11 is 1.42. The van der Waals surface area contributed by atoms with Crippen LogP contribution in [0.2, 0.25) is 0 Å². The lowest BCUT2D eigenvalue weighted by molar-refractivity contribution is -0.115. The van der Waals surface area contributed by atoms with Crippen molar-refractivity contribution in [3.63, 3.8) is 0 Å². The number of hydrogen-bond acceptors (Lipinski definition) is 7. The van der Waals surface area contributed by atoms with E-state index in [1.165, 1.54) is 18.4 Å². The number of nitrogens with zero attached hydrogens (tertiary/aromatic N) is 3. The largest absolute Gasteiger partial charge is 0.466 e. The van der Waals surface area contributed by atoms with Crippen molar-refractivity contribution in [1.29, 1.82) is 0 Å². The molecule has 0 aliphatic heterocycles. The second kappa shape index (κ2) is 5.75. The predicted octanol–water partition coefficient (Wildman–Crippen LogP) is 1.71. The minimum absolute atomic E-state index is 0.139. The lowest BCUT2D eigenvalue weighted by Crippen LogP contribution is -2.15. The maximum Gasteiger partial charge on any atom is 0.336 e. The van der Waals surface area contributed by atoms with Crippen molar-refractivity contribution in [2.45, 2.75) is 6.42 Å². The standard InChI is InChI=1S/C12H11N5O3S/c1-19-12-15-11(16-17-12)14-9(18)5-7-6-21-10(13-7)8-3-2-4-20-8/h2-4,6H,5H2,1H3,(H2,14,15,16,17,18). The van der Waals surface area contributed by atoms with Crippen molar-refractivity contribution < 1.29 is 13.9 Å². The highest BCUT2D eigenvalue weighted by Gasteiger charge is 2.12. The van der Waals surface area contributed by atoms with E-state index >= 15 is 0 Å². The number of amides is 1. The first-order valence-electron chi connectivity index (χ1n) is 5.99. The second-order valence-corrected chi connectivity index (χ2v) is 4.88. The Bertz CT molecular complexity index is 734. The summed E-state index contributed by atoms with van der Waals surface area (Å²) in [5.74, 6) is 0.676. The maximum atomic E-state index is 11.9. The van der Waals surface area contributed by atoms with E-state index in [1.807, 2.05) is 11.4 Å². The summed E-state index contributed by atoms with van der Waals surface area (Å²) in [7, 11) is 1.44. The first-order chi connectivity index (χ1) is 10.2. The number of thiazole rings is 1. The molecule has 3 aromatic heterocycles. The second-order valence-electron chi connectivity index (χ2n) is 4.02. The van der Waals surface area contributed by atoms with Crippen molar-refractivity contribution >= 4 is 23.2 Å². The van der Waals surface area contributed by atoms with Gasteiger partial charge < -0.3 is 9.15 Å². The Morgan fingerprint density at radius 1 is 1.52 bits per heavy atom. The molecule has 0 fully saturated rings. The van der Waals surface area contributed by atoms with E-state index in [0.29, 0.717) is 11.5 Å². The molecule has 0 saturated carbocycles. The van der Waals surface area contributed by atoms with E-state index in [9.17, 15) is 4.79 Å². The van der Waals surface area contributed by atoms with E-state index < -0.39 is 0 Å². The van der Waals surface area contributed by atoms with Gasteiger partial charge in [0.1, 0.15) is 0 Å². The third-order valence-corrected chi connectivity index (χ3v) is 3.44. The van der Waals surface area contributed by atoms with Gasteiger partial charge in [0.15, 0.2) is 10.8 Å². The SMILES string of the molecule is COc1n[nH]c(NC(=O)Cc2csc(-c3ccco3)n2)n1. The Labute approximate surface area is 123 Å². The van der Waals surface area contributed by atoms with Gasteiger partial charge in [0, 0.05) is 5.38 Å². The number of rotatable bonds is 5. The molecular formula is C12H11N5O3S. The zero-order chi connectivity index (χ0) is 14.7. The van der Waals surface area contributed by atoms with E-state index in [1.54, 1.807) is 12.3 Å². The molecule has 0 spiro atoms. The Morgan fingerprint density at radius 3 is 3.14 bits per heavy atom. The molecule has 0 atom stereocenters. The number of aromatic nitrogens is 4. The fourth-order valence-electron chi connectivity index (χ4n) is 1.64. The van der Waals surface area contributed by atoms with Crippen LogP contribution < -0.4 is 10.1 Å². The number of aromatic amines is 1. The van der Waals surface area contributed by atoms with Crippen LogP contribution in [0.15, 0.2) is 28.2 Å². The molecule has 0 aromatic carbocycles. The van der Waals surface area contributed by atoms with Gasteiger partial charge >= 0.3 is 6.01 Å².